The van der Waals surface area contributed by atoms with E-state index in [-0.39, 0.29) is 25.2 Å². The van der Waals surface area contributed by atoms with E-state index >= 15 is 0 Å². The van der Waals surface area contributed by atoms with E-state index in [1.807, 2.05) is 0 Å². The van der Waals surface area contributed by atoms with E-state index in [1.54, 1.807) is 0 Å². The molecule has 24 heavy (non-hydrogen) atoms. The van der Waals surface area contributed by atoms with Crippen LogP contribution in [0.2, 0.25) is 0 Å². The third-order valence-electron chi connectivity index (χ3n) is 3.90. The van der Waals surface area contributed by atoms with Gasteiger partial charge in [0.15, 0.2) is 0 Å². The number of carbonyl (C=O) groups is 3. The first-order chi connectivity index (χ1) is 11.5. The monoisotopic (exact) mass is 344 g/mol. The minimum atomic E-state index is -0.939. The van der Waals surface area contributed by atoms with E-state index in [1.165, 1.54) is 50.4 Å². The van der Waals surface area contributed by atoms with Crippen molar-refractivity contribution in [3.8, 4) is 0 Å². The smallest absolute Gasteiger partial charge is 0.303 e. The SMILES string of the molecule is CCCCCCCC1CCCC(=O)N1.O=C(O)CCCC(=O)NO. The zero-order valence-corrected chi connectivity index (χ0v) is 14.7. The lowest BCUT2D eigenvalue weighted by atomic mass is 9.98. The molecule has 0 radical (unpaired) electrons. The Labute approximate surface area is 144 Å². The van der Waals surface area contributed by atoms with Gasteiger partial charge in [-0.15, -0.1) is 0 Å². The van der Waals surface area contributed by atoms with Crippen molar-refractivity contribution in [2.24, 2.45) is 0 Å². The van der Waals surface area contributed by atoms with Gasteiger partial charge in [-0.05, 0) is 25.7 Å². The van der Waals surface area contributed by atoms with E-state index < -0.39 is 11.9 Å². The molecule has 1 atom stereocenters. The lowest BCUT2D eigenvalue weighted by Crippen LogP contribution is -2.38. The molecule has 1 unspecified atom stereocenters. The molecule has 140 valence electrons. The maximum Gasteiger partial charge on any atom is 0.303 e. The van der Waals surface area contributed by atoms with Crippen LogP contribution < -0.4 is 10.8 Å². The Morgan fingerprint density at radius 2 is 1.88 bits per heavy atom. The van der Waals surface area contributed by atoms with Gasteiger partial charge in [-0.3, -0.25) is 19.6 Å². The van der Waals surface area contributed by atoms with Gasteiger partial charge in [-0.1, -0.05) is 39.0 Å². The molecule has 7 heteroatoms. The van der Waals surface area contributed by atoms with Crippen LogP contribution in [0.5, 0.6) is 0 Å². The van der Waals surface area contributed by atoms with Gasteiger partial charge >= 0.3 is 5.97 Å². The number of rotatable bonds is 10. The normalized spacial score (nSPS) is 16.6. The van der Waals surface area contributed by atoms with Crippen molar-refractivity contribution in [1.82, 2.24) is 10.8 Å². The number of piperidine rings is 1. The van der Waals surface area contributed by atoms with Gasteiger partial charge in [-0.25, -0.2) is 5.48 Å². The molecule has 0 aromatic heterocycles. The second-order valence-corrected chi connectivity index (χ2v) is 6.14. The predicted molar refractivity (Wildman–Crippen MR) is 90.6 cm³/mol. The van der Waals surface area contributed by atoms with Crippen molar-refractivity contribution in [2.75, 3.05) is 0 Å². The molecule has 0 aliphatic carbocycles. The van der Waals surface area contributed by atoms with Crippen molar-refractivity contribution >= 4 is 17.8 Å². The summed E-state index contributed by atoms with van der Waals surface area (Å²) < 4.78 is 0. The summed E-state index contributed by atoms with van der Waals surface area (Å²) in [5.41, 5.74) is 1.41. The molecule has 1 rings (SSSR count). The first kappa shape index (κ1) is 22.4. The Hall–Kier alpha value is -1.63. The van der Waals surface area contributed by atoms with Gasteiger partial charge in [-0.2, -0.15) is 0 Å². The second kappa shape index (κ2) is 14.9. The number of carbonyl (C=O) groups excluding carboxylic acids is 2. The van der Waals surface area contributed by atoms with E-state index in [4.69, 9.17) is 10.3 Å². The van der Waals surface area contributed by atoms with Gasteiger partial charge in [0, 0.05) is 25.3 Å². The molecule has 1 aliphatic rings. The Morgan fingerprint density at radius 1 is 1.17 bits per heavy atom. The third-order valence-corrected chi connectivity index (χ3v) is 3.90. The van der Waals surface area contributed by atoms with Gasteiger partial charge in [0.25, 0.3) is 0 Å². The van der Waals surface area contributed by atoms with E-state index in [9.17, 15) is 14.4 Å². The van der Waals surface area contributed by atoms with Gasteiger partial charge in [0.1, 0.15) is 0 Å². The molecule has 4 N–H and O–H groups in total. The molecule has 7 nitrogen and oxygen atoms in total. The van der Waals surface area contributed by atoms with Crippen LogP contribution in [0.25, 0.3) is 0 Å². The largest absolute Gasteiger partial charge is 0.481 e. The number of amides is 2. The number of hydrogen-bond acceptors (Lipinski definition) is 4. The van der Waals surface area contributed by atoms with E-state index in [0.29, 0.717) is 6.04 Å². The zero-order chi connectivity index (χ0) is 18.2. The van der Waals surface area contributed by atoms with Crippen LogP contribution in [-0.4, -0.2) is 34.1 Å². The molecule has 1 heterocycles. The number of nitrogens with one attached hydrogen (secondary N) is 2. The number of unbranched alkanes of at least 4 members (excludes halogenated alkanes) is 4. The molecule has 1 fully saturated rings. The number of carboxylic acids is 1. The fourth-order valence-electron chi connectivity index (χ4n) is 2.55. The Kier molecular flexibility index (Phi) is 13.9. The molecule has 0 aromatic carbocycles. The first-order valence-corrected chi connectivity index (χ1v) is 8.93. The minimum Gasteiger partial charge on any atom is -0.481 e. The summed E-state index contributed by atoms with van der Waals surface area (Å²) >= 11 is 0. The zero-order valence-electron chi connectivity index (χ0n) is 14.7. The standard InChI is InChI=1S/C12H23NO.C5H9NO4/c1-2-3-4-5-6-8-11-9-7-10-12(14)13-11;7-4(6-10)2-1-3-5(8)9/h11H,2-10H2,1H3,(H,13,14);10H,1-3H2,(H,6,7)(H,8,9). The summed E-state index contributed by atoms with van der Waals surface area (Å²) in [5.74, 6) is -1.23. The average Bonchev–Trinajstić information content (AvgIpc) is 2.55. The first-order valence-electron chi connectivity index (χ1n) is 8.93. The fraction of sp³-hybridized carbons (Fsp3) is 0.824. The molecule has 1 aliphatic heterocycles. The van der Waals surface area contributed by atoms with Crippen molar-refractivity contribution in [2.45, 2.75) is 90.0 Å². The molecular weight excluding hydrogens is 312 g/mol. The van der Waals surface area contributed by atoms with Crippen molar-refractivity contribution in [1.29, 1.82) is 0 Å². The molecule has 0 bridgehead atoms. The maximum atomic E-state index is 11.1. The highest BCUT2D eigenvalue weighted by molar-refractivity contribution is 5.77. The summed E-state index contributed by atoms with van der Waals surface area (Å²) in [6, 6.07) is 0.484. The van der Waals surface area contributed by atoms with Gasteiger partial charge in [0.2, 0.25) is 11.8 Å². The van der Waals surface area contributed by atoms with Crippen molar-refractivity contribution in [3.63, 3.8) is 0 Å². The number of hydroxylamine groups is 1. The lowest BCUT2D eigenvalue weighted by molar-refractivity contribution is -0.137. The number of hydrogen-bond donors (Lipinski definition) is 4. The highest BCUT2D eigenvalue weighted by Gasteiger charge is 2.16. The molecule has 0 aromatic rings. The molecule has 0 spiro atoms. The van der Waals surface area contributed by atoms with Crippen LogP contribution in [0.15, 0.2) is 0 Å². The molecular formula is C17H32N2O5. The highest BCUT2D eigenvalue weighted by atomic mass is 16.5. The fourth-order valence-corrected chi connectivity index (χ4v) is 2.55. The van der Waals surface area contributed by atoms with Crippen LogP contribution >= 0.6 is 0 Å². The molecule has 1 saturated heterocycles. The summed E-state index contributed by atoms with van der Waals surface area (Å²) in [4.78, 5) is 31.2. The number of aliphatic carboxylic acids is 1. The summed E-state index contributed by atoms with van der Waals surface area (Å²) in [5, 5.41) is 19.1. The average molecular weight is 344 g/mol. The summed E-state index contributed by atoms with van der Waals surface area (Å²) in [7, 11) is 0. The Balaban J connectivity index is 0.000000470. The molecule has 2 amide bonds. The van der Waals surface area contributed by atoms with Crippen LogP contribution in [0, 0.1) is 0 Å². The Morgan fingerprint density at radius 3 is 2.46 bits per heavy atom. The Bertz CT molecular complexity index is 374. The topological polar surface area (TPSA) is 116 Å². The summed E-state index contributed by atoms with van der Waals surface area (Å²) in [6.45, 7) is 2.24. The maximum absolute atomic E-state index is 11.1. The molecule has 0 saturated carbocycles. The third kappa shape index (κ3) is 14.0. The highest BCUT2D eigenvalue weighted by Crippen LogP contribution is 2.14. The van der Waals surface area contributed by atoms with Crippen molar-refractivity contribution < 1.29 is 24.7 Å². The number of carboxylic acid groups (broad SMARTS) is 1. The predicted octanol–water partition coefficient (Wildman–Crippen LogP) is 2.76. The van der Waals surface area contributed by atoms with Crippen LogP contribution in [-0.2, 0) is 14.4 Å². The van der Waals surface area contributed by atoms with Crippen LogP contribution in [0.4, 0.5) is 0 Å². The van der Waals surface area contributed by atoms with Crippen LogP contribution in [0.3, 0.4) is 0 Å². The quantitative estimate of drug-likeness (QED) is 0.276. The lowest BCUT2D eigenvalue weighted by Gasteiger charge is -2.22. The summed E-state index contributed by atoms with van der Waals surface area (Å²) in [6.07, 6.45) is 11.1. The second-order valence-electron chi connectivity index (χ2n) is 6.14. The minimum absolute atomic E-state index is 0.0444. The van der Waals surface area contributed by atoms with Crippen molar-refractivity contribution in [3.05, 3.63) is 0 Å². The van der Waals surface area contributed by atoms with Crippen LogP contribution in [0.1, 0.15) is 84.0 Å². The van der Waals surface area contributed by atoms with E-state index in [2.05, 4.69) is 12.2 Å². The van der Waals surface area contributed by atoms with Gasteiger partial charge in [0.05, 0.1) is 0 Å². The van der Waals surface area contributed by atoms with E-state index in [0.717, 1.165) is 12.8 Å². The van der Waals surface area contributed by atoms with Gasteiger partial charge < -0.3 is 10.4 Å².